The molecular weight excluding hydrogens is 234 g/mol. The van der Waals surface area contributed by atoms with Gasteiger partial charge in [0, 0.05) is 23.6 Å². The van der Waals surface area contributed by atoms with Crippen LogP contribution in [0.2, 0.25) is 0 Å². The summed E-state index contributed by atoms with van der Waals surface area (Å²) in [6.07, 6.45) is 2.48. The molecule has 5 nitrogen and oxygen atoms in total. The van der Waals surface area contributed by atoms with Crippen LogP contribution in [0.25, 0.3) is 0 Å². The fourth-order valence-corrected chi connectivity index (χ4v) is 1.83. The van der Waals surface area contributed by atoms with Crippen LogP contribution >= 0.6 is 11.5 Å². The third kappa shape index (κ3) is 2.98. The van der Waals surface area contributed by atoms with Crippen LogP contribution in [0.5, 0.6) is 0 Å². The average molecular weight is 245 g/mol. The minimum absolute atomic E-state index is 0.392. The van der Waals surface area contributed by atoms with E-state index >= 15 is 0 Å². The molecule has 1 N–H and O–H groups in total. The van der Waals surface area contributed by atoms with Crippen LogP contribution in [0, 0.1) is 11.3 Å². The van der Waals surface area contributed by atoms with Crippen molar-refractivity contribution in [2.24, 2.45) is 0 Å². The molecule has 2 rings (SSSR count). The van der Waals surface area contributed by atoms with Gasteiger partial charge in [-0.1, -0.05) is 6.92 Å². The largest absolute Gasteiger partial charge is 0.365 e. The van der Waals surface area contributed by atoms with Crippen molar-refractivity contribution >= 4 is 17.4 Å². The van der Waals surface area contributed by atoms with Gasteiger partial charge in [-0.15, -0.1) is 0 Å². The molecule has 17 heavy (non-hydrogen) atoms. The van der Waals surface area contributed by atoms with E-state index in [1.165, 1.54) is 11.5 Å². The Balaban J connectivity index is 2.12. The minimum Gasteiger partial charge on any atom is -0.365 e. The summed E-state index contributed by atoms with van der Waals surface area (Å²) in [5.41, 5.74) is 0.392. The van der Waals surface area contributed by atoms with Crippen molar-refractivity contribution in [3.8, 4) is 6.07 Å². The smallest absolute Gasteiger partial charge is 0.146 e. The van der Waals surface area contributed by atoms with Crippen molar-refractivity contribution in [1.82, 2.24) is 14.3 Å². The molecule has 6 heteroatoms. The standard InChI is InChI=1S/C11H11N5S/c1-2-10-15-8(6-12)5-11(16-10)13-7-9-3-4-14-17-9/h3-5H,2,7H2,1H3,(H,13,15,16). The highest BCUT2D eigenvalue weighted by Gasteiger charge is 2.03. The van der Waals surface area contributed by atoms with E-state index in [1.54, 1.807) is 12.3 Å². The summed E-state index contributed by atoms with van der Waals surface area (Å²) in [5.74, 6) is 1.36. The highest BCUT2D eigenvalue weighted by Crippen LogP contribution is 2.10. The van der Waals surface area contributed by atoms with Gasteiger partial charge in [0.05, 0.1) is 6.54 Å². The van der Waals surface area contributed by atoms with Crippen LogP contribution in [0.4, 0.5) is 5.82 Å². The van der Waals surface area contributed by atoms with Crippen LogP contribution in [0.1, 0.15) is 23.3 Å². The van der Waals surface area contributed by atoms with Gasteiger partial charge in [-0.05, 0) is 17.6 Å². The Morgan fingerprint density at radius 3 is 3.00 bits per heavy atom. The van der Waals surface area contributed by atoms with Gasteiger partial charge in [-0.3, -0.25) is 0 Å². The molecule has 0 atom stereocenters. The van der Waals surface area contributed by atoms with E-state index in [4.69, 9.17) is 5.26 Å². The quantitative estimate of drug-likeness (QED) is 0.891. The monoisotopic (exact) mass is 245 g/mol. The SMILES string of the molecule is CCc1nc(C#N)cc(NCc2ccns2)n1. The number of hydrogen-bond acceptors (Lipinski definition) is 6. The second-order valence-electron chi connectivity index (χ2n) is 3.35. The summed E-state index contributed by atoms with van der Waals surface area (Å²) in [7, 11) is 0. The zero-order valence-electron chi connectivity index (χ0n) is 9.34. The average Bonchev–Trinajstić information content (AvgIpc) is 2.89. The van der Waals surface area contributed by atoms with E-state index in [0.29, 0.717) is 30.3 Å². The molecule has 0 aliphatic carbocycles. The van der Waals surface area contributed by atoms with E-state index in [2.05, 4.69) is 19.7 Å². The third-order valence-corrected chi connectivity index (χ3v) is 2.88. The third-order valence-electron chi connectivity index (χ3n) is 2.14. The van der Waals surface area contributed by atoms with Gasteiger partial charge in [-0.25, -0.2) is 14.3 Å². The molecule has 2 heterocycles. The summed E-state index contributed by atoms with van der Waals surface area (Å²) in [4.78, 5) is 9.53. The Morgan fingerprint density at radius 2 is 2.35 bits per heavy atom. The van der Waals surface area contributed by atoms with Gasteiger partial charge in [0.2, 0.25) is 0 Å². The van der Waals surface area contributed by atoms with E-state index in [9.17, 15) is 0 Å². The number of aromatic nitrogens is 3. The lowest BCUT2D eigenvalue weighted by Crippen LogP contribution is -2.04. The molecule has 0 bridgehead atoms. The normalized spacial score (nSPS) is 9.88. The van der Waals surface area contributed by atoms with Crippen LogP contribution in [0.15, 0.2) is 18.3 Å². The molecule has 2 aromatic rings. The maximum Gasteiger partial charge on any atom is 0.146 e. The fraction of sp³-hybridized carbons (Fsp3) is 0.273. The topological polar surface area (TPSA) is 74.5 Å². The van der Waals surface area contributed by atoms with Gasteiger partial charge < -0.3 is 5.32 Å². The van der Waals surface area contributed by atoms with Crippen molar-refractivity contribution in [2.75, 3.05) is 5.32 Å². The number of aryl methyl sites for hydroxylation is 1. The van der Waals surface area contributed by atoms with Gasteiger partial charge in [0.25, 0.3) is 0 Å². The van der Waals surface area contributed by atoms with Gasteiger partial charge >= 0.3 is 0 Å². The van der Waals surface area contributed by atoms with E-state index in [1.807, 2.05) is 19.1 Å². The van der Waals surface area contributed by atoms with E-state index in [0.717, 1.165) is 4.88 Å². The summed E-state index contributed by atoms with van der Waals surface area (Å²) >= 11 is 1.44. The molecule has 0 radical (unpaired) electrons. The lowest BCUT2D eigenvalue weighted by molar-refractivity contribution is 0.925. The second-order valence-corrected chi connectivity index (χ2v) is 4.27. The van der Waals surface area contributed by atoms with Gasteiger partial charge in [0.1, 0.15) is 23.4 Å². The molecule has 0 saturated carbocycles. The van der Waals surface area contributed by atoms with Crippen molar-refractivity contribution in [1.29, 1.82) is 5.26 Å². The predicted molar refractivity (Wildman–Crippen MR) is 65.6 cm³/mol. The minimum atomic E-state index is 0.392. The maximum atomic E-state index is 8.86. The molecule has 0 saturated heterocycles. The Kier molecular flexibility index (Phi) is 3.62. The number of rotatable bonds is 4. The van der Waals surface area contributed by atoms with Crippen molar-refractivity contribution in [3.05, 3.63) is 34.7 Å². The molecule has 0 amide bonds. The highest BCUT2D eigenvalue weighted by atomic mass is 32.1. The lowest BCUT2D eigenvalue weighted by atomic mass is 10.3. The fourth-order valence-electron chi connectivity index (χ4n) is 1.31. The summed E-state index contributed by atoms with van der Waals surface area (Å²) in [6, 6.07) is 5.64. The maximum absolute atomic E-state index is 8.86. The molecule has 2 aromatic heterocycles. The summed E-state index contributed by atoms with van der Waals surface area (Å²) in [5, 5.41) is 12.0. The Hall–Kier alpha value is -2.00. The lowest BCUT2D eigenvalue weighted by Gasteiger charge is -2.05. The highest BCUT2D eigenvalue weighted by molar-refractivity contribution is 7.05. The molecular formula is C11H11N5S. The van der Waals surface area contributed by atoms with E-state index in [-0.39, 0.29) is 0 Å². The first kappa shape index (κ1) is 11.5. The first-order chi connectivity index (χ1) is 8.31. The Bertz CT molecular complexity index is 529. The molecule has 0 unspecified atom stereocenters. The van der Waals surface area contributed by atoms with Gasteiger partial charge in [-0.2, -0.15) is 5.26 Å². The van der Waals surface area contributed by atoms with Crippen LogP contribution in [0.3, 0.4) is 0 Å². The molecule has 0 fully saturated rings. The second kappa shape index (κ2) is 5.37. The molecule has 0 spiro atoms. The number of nitrogens with zero attached hydrogens (tertiary/aromatic N) is 4. The Labute approximate surface area is 103 Å². The zero-order chi connectivity index (χ0) is 12.1. The predicted octanol–water partition coefficient (Wildman–Crippen LogP) is 1.98. The van der Waals surface area contributed by atoms with Crippen LogP contribution in [-0.2, 0) is 13.0 Å². The zero-order valence-corrected chi connectivity index (χ0v) is 10.2. The molecule has 0 aromatic carbocycles. The summed E-state index contributed by atoms with van der Waals surface area (Å²) in [6.45, 7) is 2.62. The van der Waals surface area contributed by atoms with Crippen molar-refractivity contribution < 1.29 is 0 Å². The van der Waals surface area contributed by atoms with Gasteiger partial charge in [0.15, 0.2) is 0 Å². The van der Waals surface area contributed by atoms with Crippen molar-refractivity contribution in [2.45, 2.75) is 19.9 Å². The number of anilines is 1. The van der Waals surface area contributed by atoms with Crippen molar-refractivity contribution in [3.63, 3.8) is 0 Å². The Morgan fingerprint density at radius 1 is 1.47 bits per heavy atom. The number of nitrogens with one attached hydrogen (secondary N) is 1. The number of hydrogen-bond donors (Lipinski definition) is 1. The van der Waals surface area contributed by atoms with E-state index < -0.39 is 0 Å². The molecule has 86 valence electrons. The first-order valence-electron chi connectivity index (χ1n) is 5.23. The molecule has 0 aliphatic heterocycles. The van der Waals surface area contributed by atoms with Crippen LogP contribution in [-0.4, -0.2) is 14.3 Å². The van der Waals surface area contributed by atoms with Crippen LogP contribution < -0.4 is 5.32 Å². The molecule has 0 aliphatic rings. The number of nitriles is 1. The first-order valence-corrected chi connectivity index (χ1v) is 6.00. The summed E-state index contributed by atoms with van der Waals surface area (Å²) < 4.78 is 4.02.